The molecule has 4 amide bonds. The van der Waals surface area contributed by atoms with Crippen LogP contribution in [-0.2, 0) is 19.1 Å². The molecule has 2 aliphatic heterocycles. The normalized spacial score (nSPS) is 17.6. The van der Waals surface area contributed by atoms with Gasteiger partial charge >= 0.3 is 12.2 Å². The van der Waals surface area contributed by atoms with E-state index in [1.165, 1.54) is 14.2 Å². The number of hydrogen-bond donors (Lipinski definition) is 4. The molecule has 59 heavy (non-hydrogen) atoms. The summed E-state index contributed by atoms with van der Waals surface area (Å²) < 4.78 is 9.65. The lowest BCUT2D eigenvalue weighted by atomic mass is 9.94. The predicted octanol–water partition coefficient (Wildman–Crippen LogP) is 7.58. The lowest BCUT2D eigenvalue weighted by Crippen LogP contribution is -2.51. The number of carbonyl (C=O) groups is 4. The monoisotopic (exact) mass is 796 g/mol. The van der Waals surface area contributed by atoms with Gasteiger partial charge in [-0.2, -0.15) is 0 Å². The minimum atomic E-state index is -0.899. The Balaban J connectivity index is 1.05. The molecule has 0 unspecified atom stereocenters. The summed E-state index contributed by atoms with van der Waals surface area (Å²) in [6.45, 7) is 4.92. The molecule has 4 N–H and O–H groups in total. The van der Waals surface area contributed by atoms with Crippen LogP contribution in [0, 0.1) is 5.92 Å². The van der Waals surface area contributed by atoms with Crippen LogP contribution in [0.3, 0.4) is 0 Å². The van der Waals surface area contributed by atoms with Crippen LogP contribution in [0.2, 0.25) is 0 Å². The molecule has 2 saturated heterocycles. The molecule has 4 heterocycles. The van der Waals surface area contributed by atoms with Crippen molar-refractivity contribution in [1.82, 2.24) is 40.4 Å². The van der Waals surface area contributed by atoms with Crippen LogP contribution in [0.5, 0.6) is 0 Å². The van der Waals surface area contributed by atoms with Crippen LogP contribution in [0.15, 0.2) is 91.1 Å². The highest BCUT2D eigenvalue weighted by Crippen LogP contribution is 2.39. The number of ether oxygens (including phenoxy) is 2. The number of methoxy groups -OCH3 is 2. The minimum Gasteiger partial charge on any atom is -0.453 e. The standard InChI is InChI=1S/C45H48N8O6/c1-26(2)38(50-44(56)58-3)42(54)53-23-11-19-37(53)41-47-33-21-20-28(24-34(33)48-41)29-14-8-16-31-30(29)15-9-17-32(31)35-25-46-40(49-35)36-18-10-22-52(36)43(55)39(51-45(57)59-4)27-12-6-5-7-13-27/h5-9,12-17,20-21,24-26,36-39H,10-11,18-19,22-23H2,1-4H3,(H,46,49)(H,47,48)(H,50,56)(H,51,57)/t36-,37-,38-,39+/m0/s1. The van der Waals surface area contributed by atoms with Gasteiger partial charge in [0.25, 0.3) is 5.91 Å². The Labute approximate surface area is 341 Å². The number of aromatic nitrogens is 4. The average molecular weight is 797 g/mol. The number of likely N-dealkylation sites (tertiary alicyclic amines) is 2. The second kappa shape index (κ2) is 16.6. The maximum atomic E-state index is 14.1. The molecule has 0 aliphatic carbocycles. The number of amides is 4. The maximum Gasteiger partial charge on any atom is 0.407 e. The molecule has 4 aromatic carbocycles. The number of imidazole rings is 2. The van der Waals surface area contributed by atoms with Gasteiger partial charge in [0.15, 0.2) is 0 Å². The summed E-state index contributed by atoms with van der Waals surface area (Å²) in [7, 11) is 2.57. The van der Waals surface area contributed by atoms with E-state index in [-0.39, 0.29) is 29.8 Å². The van der Waals surface area contributed by atoms with E-state index < -0.39 is 24.3 Å². The zero-order valence-electron chi connectivity index (χ0n) is 33.5. The molecule has 2 fully saturated rings. The van der Waals surface area contributed by atoms with Crippen LogP contribution in [0.25, 0.3) is 44.2 Å². The number of nitrogens with zero attached hydrogens (tertiary/aromatic N) is 4. The van der Waals surface area contributed by atoms with Crippen LogP contribution >= 0.6 is 0 Å². The summed E-state index contributed by atoms with van der Waals surface area (Å²) in [4.78, 5) is 72.6. The number of alkyl carbamates (subject to hydrolysis) is 2. The molecular weight excluding hydrogens is 749 g/mol. The summed E-state index contributed by atoms with van der Waals surface area (Å²) in [5, 5.41) is 7.54. The Kier molecular flexibility index (Phi) is 11.0. The van der Waals surface area contributed by atoms with Gasteiger partial charge < -0.3 is 39.9 Å². The second-order valence-electron chi connectivity index (χ2n) is 15.5. The first-order valence-corrected chi connectivity index (χ1v) is 20.1. The number of nitrogens with one attached hydrogen (secondary N) is 4. The van der Waals surface area contributed by atoms with Crippen molar-refractivity contribution in [2.24, 2.45) is 5.92 Å². The number of carbonyl (C=O) groups excluding carboxylic acids is 4. The topological polar surface area (TPSA) is 175 Å². The summed E-state index contributed by atoms with van der Waals surface area (Å²) >= 11 is 0. The van der Waals surface area contributed by atoms with Crippen molar-refractivity contribution >= 4 is 45.8 Å². The Bertz CT molecular complexity index is 2510. The number of fused-ring (bicyclic) bond motifs is 2. The van der Waals surface area contributed by atoms with E-state index >= 15 is 0 Å². The van der Waals surface area contributed by atoms with E-state index in [4.69, 9.17) is 19.4 Å². The van der Waals surface area contributed by atoms with E-state index in [0.717, 1.165) is 75.7 Å². The first-order chi connectivity index (χ1) is 28.6. The molecule has 14 heteroatoms. The van der Waals surface area contributed by atoms with Gasteiger partial charge in [-0.05, 0) is 71.2 Å². The highest BCUT2D eigenvalue weighted by molar-refractivity contribution is 6.04. The van der Waals surface area contributed by atoms with Gasteiger partial charge in [0.05, 0.1) is 49.2 Å². The minimum absolute atomic E-state index is 0.123. The lowest BCUT2D eigenvalue weighted by molar-refractivity contribution is -0.135. The van der Waals surface area contributed by atoms with Crippen LogP contribution < -0.4 is 10.6 Å². The van der Waals surface area contributed by atoms with E-state index in [1.54, 1.807) is 4.90 Å². The fourth-order valence-electron chi connectivity index (χ4n) is 8.58. The molecule has 0 saturated carbocycles. The van der Waals surface area contributed by atoms with Gasteiger partial charge in [-0.15, -0.1) is 0 Å². The predicted molar refractivity (Wildman–Crippen MR) is 223 cm³/mol. The summed E-state index contributed by atoms with van der Waals surface area (Å²) in [6, 6.07) is 25.7. The third-order valence-corrected chi connectivity index (χ3v) is 11.5. The Morgan fingerprint density at radius 3 is 2.07 bits per heavy atom. The molecule has 6 aromatic rings. The molecule has 0 bridgehead atoms. The molecule has 0 spiro atoms. The molecule has 304 valence electrons. The number of H-pyrrole nitrogens is 2. The lowest BCUT2D eigenvalue weighted by Gasteiger charge is -2.29. The Hall–Kier alpha value is -6.70. The van der Waals surface area contributed by atoms with Crippen LogP contribution in [0.4, 0.5) is 9.59 Å². The van der Waals surface area contributed by atoms with Crippen molar-refractivity contribution in [3.8, 4) is 22.4 Å². The van der Waals surface area contributed by atoms with Gasteiger partial charge in [-0.3, -0.25) is 9.59 Å². The molecule has 0 radical (unpaired) electrons. The molecule has 4 atom stereocenters. The van der Waals surface area contributed by atoms with Crippen molar-refractivity contribution in [2.75, 3.05) is 27.3 Å². The van der Waals surface area contributed by atoms with Crippen molar-refractivity contribution in [2.45, 2.75) is 63.7 Å². The summed E-state index contributed by atoms with van der Waals surface area (Å²) in [6.07, 6.45) is 3.64. The van der Waals surface area contributed by atoms with Gasteiger partial charge in [-0.1, -0.05) is 86.6 Å². The van der Waals surface area contributed by atoms with E-state index in [2.05, 4.69) is 57.0 Å². The van der Waals surface area contributed by atoms with Crippen molar-refractivity contribution in [1.29, 1.82) is 0 Å². The van der Waals surface area contributed by atoms with Gasteiger partial charge in [-0.25, -0.2) is 19.6 Å². The van der Waals surface area contributed by atoms with Crippen molar-refractivity contribution in [3.63, 3.8) is 0 Å². The highest BCUT2D eigenvalue weighted by atomic mass is 16.5. The summed E-state index contributed by atoms with van der Waals surface area (Å²) in [5.41, 5.74) is 6.21. The molecule has 2 aromatic heterocycles. The molecule has 14 nitrogen and oxygen atoms in total. The molecule has 8 rings (SSSR count). The number of hydrogen-bond acceptors (Lipinski definition) is 8. The third-order valence-electron chi connectivity index (χ3n) is 11.5. The van der Waals surface area contributed by atoms with E-state index in [9.17, 15) is 19.2 Å². The first-order valence-electron chi connectivity index (χ1n) is 20.1. The number of rotatable bonds is 10. The molecule has 2 aliphatic rings. The average Bonchev–Trinajstić information content (AvgIpc) is 4.10. The SMILES string of the molecule is COC(=O)N[C@H](C(=O)N1CCC[C@H]1c1nc2ccc(-c3cccc4c(-c5cnc([C@@H]6CCCN6C(=O)[C@H](NC(=O)OC)c6ccccc6)[nH]5)cccc34)cc2[nH]1)C(C)C. The van der Waals surface area contributed by atoms with E-state index in [0.29, 0.717) is 24.5 Å². The number of aromatic amines is 2. The van der Waals surface area contributed by atoms with Gasteiger partial charge in [0, 0.05) is 18.7 Å². The maximum absolute atomic E-state index is 14.1. The largest absolute Gasteiger partial charge is 0.453 e. The summed E-state index contributed by atoms with van der Waals surface area (Å²) in [5.74, 6) is 0.911. The Morgan fingerprint density at radius 1 is 0.729 bits per heavy atom. The third kappa shape index (κ3) is 7.69. The quantitative estimate of drug-likeness (QED) is 0.110. The first kappa shape index (κ1) is 39.1. The van der Waals surface area contributed by atoms with Crippen molar-refractivity contribution < 1.29 is 28.7 Å². The van der Waals surface area contributed by atoms with Crippen LogP contribution in [-0.4, -0.2) is 87.1 Å². The fraction of sp³-hybridized carbons (Fsp3) is 0.333. The zero-order valence-corrected chi connectivity index (χ0v) is 33.5. The Morgan fingerprint density at radius 2 is 1.37 bits per heavy atom. The second-order valence-corrected chi connectivity index (χ2v) is 15.5. The number of benzene rings is 4. The molecular formula is C45H48N8O6. The highest BCUT2D eigenvalue weighted by Gasteiger charge is 2.39. The smallest absolute Gasteiger partial charge is 0.407 e. The van der Waals surface area contributed by atoms with Crippen molar-refractivity contribution in [3.05, 3.63) is 108 Å². The zero-order chi connectivity index (χ0) is 41.2. The van der Waals surface area contributed by atoms with Crippen LogP contribution in [0.1, 0.15) is 74.9 Å². The fourth-order valence-corrected chi connectivity index (χ4v) is 8.58. The van der Waals surface area contributed by atoms with Gasteiger partial charge in [0.2, 0.25) is 5.91 Å². The van der Waals surface area contributed by atoms with E-state index in [1.807, 2.05) is 73.5 Å². The van der Waals surface area contributed by atoms with Gasteiger partial charge in [0.1, 0.15) is 23.7 Å².